The Morgan fingerprint density at radius 1 is 1.28 bits per heavy atom. The van der Waals surface area contributed by atoms with Crippen LogP contribution in [0.3, 0.4) is 0 Å². The van der Waals surface area contributed by atoms with Gasteiger partial charge in [-0.25, -0.2) is 0 Å². The molecule has 5 nitrogen and oxygen atoms in total. The van der Waals surface area contributed by atoms with Gasteiger partial charge in [0.15, 0.2) is 4.34 Å². The SMILES string of the molecule is COc1ccc(NC(=O)[C@@H](Sc2nncs2)c2ccccc2)cc1Cl. The minimum absolute atomic E-state index is 0.160. The zero-order valence-corrected chi connectivity index (χ0v) is 15.6. The minimum atomic E-state index is -0.449. The van der Waals surface area contributed by atoms with Crippen molar-refractivity contribution in [1.82, 2.24) is 10.2 Å². The highest BCUT2D eigenvalue weighted by atomic mass is 35.5. The summed E-state index contributed by atoms with van der Waals surface area (Å²) in [6.07, 6.45) is 0. The highest BCUT2D eigenvalue weighted by Crippen LogP contribution is 2.37. The number of methoxy groups -OCH3 is 1. The van der Waals surface area contributed by atoms with Gasteiger partial charge in [-0.05, 0) is 23.8 Å². The number of amides is 1. The van der Waals surface area contributed by atoms with Crippen molar-refractivity contribution < 1.29 is 9.53 Å². The van der Waals surface area contributed by atoms with Crippen molar-refractivity contribution >= 4 is 46.3 Å². The van der Waals surface area contributed by atoms with Gasteiger partial charge in [-0.3, -0.25) is 4.79 Å². The van der Waals surface area contributed by atoms with Crippen LogP contribution < -0.4 is 10.1 Å². The highest BCUT2D eigenvalue weighted by Gasteiger charge is 2.23. The fraction of sp³-hybridized carbons (Fsp3) is 0.118. The topological polar surface area (TPSA) is 64.1 Å². The van der Waals surface area contributed by atoms with Gasteiger partial charge in [-0.2, -0.15) is 0 Å². The Morgan fingerprint density at radius 2 is 2.08 bits per heavy atom. The van der Waals surface area contributed by atoms with E-state index in [0.29, 0.717) is 16.5 Å². The van der Waals surface area contributed by atoms with Gasteiger partial charge in [-0.1, -0.05) is 65.0 Å². The summed E-state index contributed by atoms with van der Waals surface area (Å²) in [7, 11) is 1.55. The third kappa shape index (κ3) is 4.50. The number of carbonyl (C=O) groups excluding carboxylic acids is 1. The predicted octanol–water partition coefficient (Wildman–Crippen LogP) is 4.67. The molecule has 3 aromatic rings. The molecule has 0 spiro atoms. The summed E-state index contributed by atoms with van der Waals surface area (Å²) in [5.41, 5.74) is 3.14. The quantitative estimate of drug-likeness (QED) is 0.618. The second-order valence-corrected chi connectivity index (χ2v) is 7.54. The van der Waals surface area contributed by atoms with E-state index in [1.165, 1.54) is 23.1 Å². The number of benzene rings is 2. The normalized spacial score (nSPS) is 11.8. The molecule has 1 N–H and O–H groups in total. The summed E-state index contributed by atoms with van der Waals surface area (Å²) in [4.78, 5) is 12.9. The first-order valence-electron chi connectivity index (χ1n) is 7.29. The monoisotopic (exact) mass is 391 g/mol. The van der Waals surface area contributed by atoms with Crippen LogP contribution in [0.5, 0.6) is 5.75 Å². The Hall–Kier alpha value is -2.09. The van der Waals surface area contributed by atoms with E-state index in [9.17, 15) is 4.79 Å². The first-order valence-corrected chi connectivity index (χ1v) is 9.43. The molecule has 0 fully saturated rings. The number of anilines is 1. The number of hydrogen-bond acceptors (Lipinski definition) is 6. The Balaban J connectivity index is 1.82. The lowest BCUT2D eigenvalue weighted by molar-refractivity contribution is -0.115. The van der Waals surface area contributed by atoms with Gasteiger partial charge >= 0.3 is 0 Å². The molecule has 0 saturated carbocycles. The third-order valence-corrected chi connectivity index (χ3v) is 5.68. The number of carbonyl (C=O) groups is 1. The zero-order valence-electron chi connectivity index (χ0n) is 13.2. The maximum atomic E-state index is 12.9. The summed E-state index contributed by atoms with van der Waals surface area (Å²) in [5.74, 6) is 0.398. The van der Waals surface area contributed by atoms with Crippen LogP contribution in [0, 0.1) is 0 Å². The van der Waals surface area contributed by atoms with Gasteiger partial charge in [0, 0.05) is 5.69 Å². The van der Waals surface area contributed by atoms with Crippen molar-refractivity contribution in [1.29, 1.82) is 0 Å². The standard InChI is InChI=1S/C17H14ClN3O2S2/c1-23-14-8-7-12(9-13(14)18)20-16(22)15(11-5-3-2-4-6-11)25-17-21-19-10-24-17/h2-10,15H,1H3,(H,20,22)/t15-/m0/s1. The average Bonchev–Trinajstić information content (AvgIpc) is 3.14. The van der Waals surface area contributed by atoms with Crippen LogP contribution in [0.4, 0.5) is 5.69 Å². The van der Waals surface area contributed by atoms with Crippen LogP contribution in [0.2, 0.25) is 5.02 Å². The Morgan fingerprint density at radius 3 is 2.72 bits per heavy atom. The summed E-state index contributed by atoms with van der Waals surface area (Å²) in [6, 6.07) is 14.7. The number of nitrogens with zero attached hydrogens (tertiary/aromatic N) is 2. The Labute approximate surface area is 158 Å². The molecule has 0 radical (unpaired) electrons. The Kier molecular flexibility index (Phi) is 5.91. The summed E-state index contributed by atoms with van der Waals surface area (Å²) < 4.78 is 5.86. The number of thioether (sulfide) groups is 1. The molecule has 1 amide bonds. The van der Waals surface area contributed by atoms with Gasteiger partial charge < -0.3 is 10.1 Å². The average molecular weight is 392 g/mol. The van der Waals surface area contributed by atoms with E-state index in [4.69, 9.17) is 16.3 Å². The van der Waals surface area contributed by atoms with E-state index in [1.807, 2.05) is 30.3 Å². The molecule has 0 bridgehead atoms. The summed E-state index contributed by atoms with van der Waals surface area (Å²) in [5, 5.41) is 10.7. The molecule has 1 heterocycles. The zero-order chi connectivity index (χ0) is 17.6. The van der Waals surface area contributed by atoms with E-state index in [1.54, 1.807) is 30.8 Å². The van der Waals surface area contributed by atoms with Crippen LogP contribution >= 0.6 is 34.7 Å². The number of nitrogens with one attached hydrogen (secondary N) is 1. The molecule has 128 valence electrons. The highest BCUT2D eigenvalue weighted by molar-refractivity contribution is 8.01. The van der Waals surface area contributed by atoms with E-state index < -0.39 is 5.25 Å². The van der Waals surface area contributed by atoms with Crippen molar-refractivity contribution in [2.45, 2.75) is 9.59 Å². The summed E-state index contributed by atoms with van der Waals surface area (Å²) >= 11 is 8.89. The predicted molar refractivity (Wildman–Crippen MR) is 102 cm³/mol. The van der Waals surface area contributed by atoms with Crippen LogP contribution in [0.15, 0.2) is 58.4 Å². The van der Waals surface area contributed by atoms with Crippen LogP contribution in [0.25, 0.3) is 0 Å². The molecule has 1 aromatic heterocycles. The molecule has 0 aliphatic heterocycles. The lowest BCUT2D eigenvalue weighted by atomic mass is 10.1. The molecule has 0 unspecified atom stereocenters. The van der Waals surface area contributed by atoms with Crippen LogP contribution in [-0.4, -0.2) is 23.2 Å². The molecule has 0 aliphatic carbocycles. The molecule has 0 aliphatic rings. The fourth-order valence-electron chi connectivity index (χ4n) is 2.17. The molecule has 3 rings (SSSR count). The second kappa shape index (κ2) is 8.33. The lowest BCUT2D eigenvalue weighted by Gasteiger charge is -2.16. The van der Waals surface area contributed by atoms with Gasteiger partial charge in [-0.15, -0.1) is 10.2 Å². The van der Waals surface area contributed by atoms with Gasteiger partial charge in [0.2, 0.25) is 5.91 Å². The maximum absolute atomic E-state index is 12.9. The first-order chi connectivity index (χ1) is 12.2. The van der Waals surface area contributed by atoms with Gasteiger partial charge in [0.05, 0.1) is 12.1 Å². The van der Waals surface area contributed by atoms with E-state index >= 15 is 0 Å². The fourth-order valence-corrected chi connectivity index (χ4v) is 4.10. The second-order valence-electron chi connectivity index (χ2n) is 4.95. The maximum Gasteiger partial charge on any atom is 0.242 e. The third-order valence-electron chi connectivity index (χ3n) is 3.32. The van der Waals surface area contributed by atoms with Crippen LogP contribution in [0.1, 0.15) is 10.8 Å². The van der Waals surface area contributed by atoms with Crippen molar-refractivity contribution in [2.75, 3.05) is 12.4 Å². The molecule has 2 aromatic carbocycles. The van der Waals surface area contributed by atoms with Crippen molar-refractivity contribution in [3.63, 3.8) is 0 Å². The number of halogens is 1. The molecule has 1 atom stereocenters. The minimum Gasteiger partial charge on any atom is -0.495 e. The van der Waals surface area contributed by atoms with E-state index in [-0.39, 0.29) is 5.91 Å². The Bertz CT molecular complexity index is 844. The first kappa shape index (κ1) is 17.7. The smallest absolute Gasteiger partial charge is 0.242 e. The molecule has 8 heteroatoms. The van der Waals surface area contributed by atoms with Crippen molar-refractivity contribution in [2.24, 2.45) is 0 Å². The lowest BCUT2D eigenvalue weighted by Crippen LogP contribution is -2.19. The number of aromatic nitrogens is 2. The van der Waals surface area contributed by atoms with E-state index in [0.717, 1.165) is 9.90 Å². The molecule has 25 heavy (non-hydrogen) atoms. The van der Waals surface area contributed by atoms with Crippen molar-refractivity contribution in [3.8, 4) is 5.75 Å². The molecular formula is C17H14ClN3O2S2. The van der Waals surface area contributed by atoms with Crippen molar-refractivity contribution in [3.05, 3.63) is 64.6 Å². The van der Waals surface area contributed by atoms with Gasteiger partial charge in [0.25, 0.3) is 0 Å². The summed E-state index contributed by atoms with van der Waals surface area (Å²) in [6.45, 7) is 0. The van der Waals surface area contributed by atoms with Gasteiger partial charge in [0.1, 0.15) is 16.5 Å². The largest absolute Gasteiger partial charge is 0.495 e. The number of rotatable bonds is 6. The van der Waals surface area contributed by atoms with Crippen LogP contribution in [-0.2, 0) is 4.79 Å². The molecule has 0 saturated heterocycles. The number of hydrogen-bond donors (Lipinski definition) is 1. The van der Waals surface area contributed by atoms with E-state index in [2.05, 4.69) is 15.5 Å². The molecular weight excluding hydrogens is 378 g/mol. The number of ether oxygens (including phenoxy) is 1.